The van der Waals surface area contributed by atoms with Gasteiger partial charge in [-0.15, -0.1) is 0 Å². The van der Waals surface area contributed by atoms with Crippen molar-refractivity contribution in [2.24, 2.45) is 11.8 Å². The predicted octanol–water partition coefficient (Wildman–Crippen LogP) is 4.62. The molecule has 4 rings (SSSR count). The van der Waals surface area contributed by atoms with Gasteiger partial charge >= 0.3 is 6.09 Å². The summed E-state index contributed by atoms with van der Waals surface area (Å²) in [4.78, 5) is 52.1. The number of hydrogen-bond donors (Lipinski definition) is 4. The van der Waals surface area contributed by atoms with Crippen LogP contribution in [0.25, 0.3) is 11.3 Å². The minimum atomic E-state index is -2.96. The lowest BCUT2D eigenvalue weighted by Gasteiger charge is -2.24. The molecule has 0 spiro atoms. The van der Waals surface area contributed by atoms with Crippen molar-refractivity contribution in [3.63, 3.8) is 0 Å². The Bertz CT molecular complexity index is 1690. The van der Waals surface area contributed by atoms with Gasteiger partial charge in [-0.3, -0.25) is 24.3 Å². The van der Waals surface area contributed by atoms with Crippen LogP contribution >= 0.6 is 0 Å². The fraction of sp³-hybridized carbons (Fsp3) is 0.278. The number of aromatic nitrogens is 1. The average Bonchev–Trinajstić information content (AvgIpc) is 3.10. The zero-order valence-corrected chi connectivity index (χ0v) is 26.2. The molecule has 12 heteroatoms. The zero-order chi connectivity index (χ0) is 34.3. The summed E-state index contributed by atoms with van der Waals surface area (Å²) in [5, 5.41) is 17.4. The highest BCUT2D eigenvalue weighted by Crippen LogP contribution is 2.23. The number of benzene rings is 3. The summed E-state index contributed by atoms with van der Waals surface area (Å²) < 4.78 is 34.0. The highest BCUT2D eigenvalue weighted by atomic mass is 19.3. The second-order valence-corrected chi connectivity index (χ2v) is 11.0. The number of carbonyl (C=O) groups is 3. The van der Waals surface area contributed by atoms with Crippen LogP contribution in [0.3, 0.4) is 0 Å². The van der Waals surface area contributed by atoms with E-state index in [-0.39, 0.29) is 31.8 Å². The van der Waals surface area contributed by atoms with Gasteiger partial charge in [0.2, 0.25) is 18.2 Å². The van der Waals surface area contributed by atoms with Crippen LogP contribution in [0.15, 0.2) is 108 Å². The molecule has 0 aliphatic heterocycles. The Labute approximate surface area is 276 Å². The van der Waals surface area contributed by atoms with E-state index >= 15 is 0 Å². The Morgan fingerprint density at radius 1 is 0.792 bits per heavy atom. The predicted molar refractivity (Wildman–Crippen MR) is 177 cm³/mol. The van der Waals surface area contributed by atoms with Crippen molar-refractivity contribution < 1.29 is 33.0 Å². The quantitative estimate of drug-likeness (QED) is 0.138. The number of aliphatic hydroxyl groups is 1. The number of rotatable bonds is 16. The first-order valence-electron chi connectivity index (χ1n) is 15.5. The van der Waals surface area contributed by atoms with Gasteiger partial charge in [-0.05, 0) is 41.7 Å². The number of pyridine rings is 1. The minimum Gasteiger partial charge on any atom is -0.444 e. The maximum atomic E-state index is 13.8. The molecule has 48 heavy (non-hydrogen) atoms. The number of amides is 3. The van der Waals surface area contributed by atoms with E-state index in [1.807, 2.05) is 36.4 Å². The number of alkyl halides is 2. The fourth-order valence-corrected chi connectivity index (χ4v) is 5.16. The summed E-state index contributed by atoms with van der Waals surface area (Å²) >= 11 is 0. The van der Waals surface area contributed by atoms with Gasteiger partial charge in [0.05, 0.1) is 24.1 Å². The lowest BCUT2D eigenvalue weighted by Crippen LogP contribution is -2.42. The van der Waals surface area contributed by atoms with E-state index in [1.54, 1.807) is 60.7 Å². The molecule has 4 N–H and O–H groups in total. The molecular weight excluding hydrogens is 622 g/mol. The number of nitrogens with zero attached hydrogens (tertiary/aromatic N) is 1. The molecule has 1 heterocycles. The van der Waals surface area contributed by atoms with Crippen molar-refractivity contribution in [1.82, 2.24) is 15.2 Å². The molecular formula is C36H38F2N4O6. The molecule has 2 atom stereocenters. The molecule has 2 unspecified atom stereocenters. The van der Waals surface area contributed by atoms with Crippen LogP contribution < -0.4 is 21.5 Å². The Morgan fingerprint density at radius 3 is 2.04 bits per heavy atom. The second-order valence-electron chi connectivity index (χ2n) is 11.0. The van der Waals surface area contributed by atoms with Gasteiger partial charge < -0.3 is 20.5 Å². The highest BCUT2D eigenvalue weighted by molar-refractivity contribution is 5.85. The van der Waals surface area contributed by atoms with Crippen molar-refractivity contribution in [1.29, 1.82) is 0 Å². The number of nitrogens with one attached hydrogen (secondary N) is 3. The SMILES string of the molecule is O=C(Cn1c(-c2ccccc2)ccc(NC(=O)OCc2ccccc2)c1=O)NCCC(C(=O)NCCc1ccccc1)C(CO)C(F)F. The van der Waals surface area contributed by atoms with E-state index in [1.165, 1.54) is 10.6 Å². The second kappa shape index (κ2) is 18.1. The molecule has 0 fully saturated rings. The molecule has 10 nitrogen and oxygen atoms in total. The number of carbonyl (C=O) groups excluding carboxylic acids is 3. The van der Waals surface area contributed by atoms with Crippen molar-refractivity contribution in [2.75, 3.05) is 25.0 Å². The van der Waals surface area contributed by atoms with E-state index in [0.717, 1.165) is 11.1 Å². The third kappa shape index (κ3) is 10.3. The van der Waals surface area contributed by atoms with Crippen molar-refractivity contribution in [3.05, 3.63) is 125 Å². The van der Waals surface area contributed by atoms with Gasteiger partial charge in [-0.1, -0.05) is 91.0 Å². The maximum absolute atomic E-state index is 13.8. The number of anilines is 1. The summed E-state index contributed by atoms with van der Waals surface area (Å²) in [5.41, 5.74) is 1.96. The molecule has 4 aromatic rings. The first-order valence-corrected chi connectivity index (χ1v) is 15.5. The van der Waals surface area contributed by atoms with Crippen molar-refractivity contribution in [3.8, 4) is 11.3 Å². The fourth-order valence-electron chi connectivity index (χ4n) is 5.16. The third-order valence-corrected chi connectivity index (χ3v) is 7.72. The van der Waals surface area contributed by atoms with Crippen LogP contribution in [0.4, 0.5) is 19.3 Å². The summed E-state index contributed by atoms with van der Waals surface area (Å²) in [5.74, 6) is -4.18. The summed E-state index contributed by atoms with van der Waals surface area (Å²) in [6.45, 7) is -1.35. The smallest absolute Gasteiger partial charge is 0.412 e. The molecule has 0 aliphatic rings. The van der Waals surface area contributed by atoms with Crippen LogP contribution in [0.1, 0.15) is 17.5 Å². The lowest BCUT2D eigenvalue weighted by atomic mass is 9.89. The Balaban J connectivity index is 1.43. The Morgan fingerprint density at radius 2 is 1.42 bits per heavy atom. The number of hydrogen-bond acceptors (Lipinski definition) is 6. The van der Waals surface area contributed by atoms with Crippen molar-refractivity contribution in [2.45, 2.75) is 32.4 Å². The van der Waals surface area contributed by atoms with Crippen molar-refractivity contribution >= 4 is 23.6 Å². The number of ether oxygens (including phenoxy) is 1. The van der Waals surface area contributed by atoms with Gasteiger partial charge in [0, 0.05) is 13.1 Å². The summed E-state index contributed by atoms with van der Waals surface area (Å²) in [6.07, 6.45) is -3.50. The van der Waals surface area contributed by atoms with Crippen LogP contribution in [-0.2, 0) is 33.9 Å². The van der Waals surface area contributed by atoms with Gasteiger partial charge in [-0.2, -0.15) is 0 Å². The Kier molecular flexibility index (Phi) is 13.4. The molecule has 0 radical (unpaired) electrons. The van der Waals surface area contributed by atoms with Gasteiger partial charge in [-0.25, -0.2) is 13.6 Å². The molecule has 252 valence electrons. The van der Waals surface area contributed by atoms with Gasteiger partial charge in [0.25, 0.3) is 5.56 Å². The van der Waals surface area contributed by atoms with Crippen LogP contribution in [0.2, 0.25) is 0 Å². The molecule has 0 bridgehead atoms. The van der Waals surface area contributed by atoms with E-state index in [4.69, 9.17) is 4.74 Å². The maximum Gasteiger partial charge on any atom is 0.412 e. The van der Waals surface area contributed by atoms with E-state index in [9.17, 15) is 33.1 Å². The van der Waals surface area contributed by atoms with Crippen LogP contribution in [0.5, 0.6) is 0 Å². The van der Waals surface area contributed by atoms with E-state index < -0.39 is 54.9 Å². The summed E-state index contributed by atoms with van der Waals surface area (Å²) in [7, 11) is 0. The molecule has 0 saturated carbocycles. The Hall–Kier alpha value is -5.36. The van der Waals surface area contributed by atoms with Crippen LogP contribution in [0, 0.1) is 11.8 Å². The van der Waals surface area contributed by atoms with E-state index in [2.05, 4.69) is 16.0 Å². The first-order chi connectivity index (χ1) is 23.3. The minimum absolute atomic E-state index is 0.0138. The zero-order valence-electron chi connectivity index (χ0n) is 26.2. The molecule has 0 aliphatic carbocycles. The average molecular weight is 661 g/mol. The third-order valence-electron chi connectivity index (χ3n) is 7.72. The number of halogens is 2. The van der Waals surface area contributed by atoms with Gasteiger partial charge in [0.15, 0.2) is 0 Å². The standard InChI is InChI=1S/C36H38F2N4O6/c37-33(38)29(23-43)28(34(45)40-20-18-25-10-4-1-5-11-25)19-21-39-32(44)22-42-31(27-14-8-3-9-15-27)17-16-30(35(42)46)41-36(47)48-24-26-12-6-2-7-13-26/h1-17,28-29,33,43H,18-24H2,(H,39,44)(H,40,45)(H,41,47). The molecule has 1 aromatic heterocycles. The number of aliphatic hydroxyl groups excluding tert-OH is 1. The topological polar surface area (TPSA) is 139 Å². The van der Waals surface area contributed by atoms with Gasteiger partial charge in [0.1, 0.15) is 18.8 Å². The van der Waals surface area contributed by atoms with Crippen LogP contribution in [-0.4, -0.2) is 53.7 Å². The highest BCUT2D eigenvalue weighted by Gasteiger charge is 2.34. The molecule has 3 aromatic carbocycles. The van der Waals surface area contributed by atoms with E-state index in [0.29, 0.717) is 17.7 Å². The normalized spacial score (nSPS) is 12.2. The lowest BCUT2D eigenvalue weighted by molar-refractivity contribution is -0.131. The summed E-state index contributed by atoms with van der Waals surface area (Å²) in [6, 6.07) is 30.2. The first kappa shape index (κ1) is 35.5. The molecule has 3 amide bonds. The largest absolute Gasteiger partial charge is 0.444 e. The molecule has 0 saturated heterocycles. The monoisotopic (exact) mass is 660 g/mol.